The molecule has 0 saturated heterocycles. The Kier molecular flexibility index (Phi) is 5.14. The molecule has 0 spiro atoms. The van der Waals surface area contributed by atoms with Gasteiger partial charge in [-0.05, 0) is 18.9 Å². The van der Waals surface area contributed by atoms with Gasteiger partial charge in [0.05, 0.1) is 17.6 Å². The second kappa shape index (κ2) is 7.06. The number of hydrogen-bond acceptors (Lipinski definition) is 4. The van der Waals surface area contributed by atoms with E-state index in [1.165, 1.54) is 38.2 Å². The van der Waals surface area contributed by atoms with Crippen LogP contribution in [-0.2, 0) is 0 Å². The van der Waals surface area contributed by atoms with Gasteiger partial charge in [-0.1, -0.05) is 25.7 Å². The van der Waals surface area contributed by atoms with Crippen LogP contribution in [0.5, 0.6) is 5.75 Å². The monoisotopic (exact) mass is 292 g/mol. The second-order valence-corrected chi connectivity index (χ2v) is 5.30. The first-order valence-corrected chi connectivity index (χ1v) is 7.25. The van der Waals surface area contributed by atoms with E-state index in [0.29, 0.717) is 5.75 Å². The number of non-ortho nitro benzene ring substituents is 1. The van der Waals surface area contributed by atoms with Crippen molar-refractivity contribution in [1.29, 1.82) is 0 Å². The number of hydrogen-bond donors (Lipinski definition) is 1. The first-order chi connectivity index (χ1) is 10.1. The molecule has 1 saturated carbocycles. The van der Waals surface area contributed by atoms with Crippen molar-refractivity contribution in [1.82, 2.24) is 5.32 Å². The minimum atomic E-state index is -0.512. The average Bonchev–Trinajstić information content (AvgIpc) is 2.75. The normalized spacial score (nSPS) is 16.0. The SMILES string of the molecule is COc1ccc([N+](=O)[O-])cc1C(=O)NC1CCCCCC1. The Labute approximate surface area is 123 Å². The quantitative estimate of drug-likeness (QED) is 0.525. The van der Waals surface area contributed by atoms with E-state index >= 15 is 0 Å². The van der Waals surface area contributed by atoms with Gasteiger partial charge in [-0.25, -0.2) is 0 Å². The van der Waals surface area contributed by atoms with Gasteiger partial charge in [0, 0.05) is 18.2 Å². The number of benzene rings is 1. The van der Waals surface area contributed by atoms with Crippen molar-refractivity contribution in [3.63, 3.8) is 0 Å². The van der Waals surface area contributed by atoms with E-state index in [2.05, 4.69) is 5.32 Å². The number of nitrogens with zero attached hydrogens (tertiary/aromatic N) is 1. The zero-order valence-corrected chi connectivity index (χ0v) is 12.1. The van der Waals surface area contributed by atoms with Crippen LogP contribution in [-0.4, -0.2) is 24.0 Å². The smallest absolute Gasteiger partial charge is 0.270 e. The highest BCUT2D eigenvalue weighted by atomic mass is 16.6. The Balaban J connectivity index is 2.16. The molecule has 0 radical (unpaired) electrons. The number of amides is 1. The fourth-order valence-electron chi connectivity index (χ4n) is 2.67. The van der Waals surface area contributed by atoms with Crippen LogP contribution in [0, 0.1) is 10.1 Å². The Bertz CT molecular complexity index is 522. The maximum absolute atomic E-state index is 12.4. The Morgan fingerprint density at radius 1 is 1.29 bits per heavy atom. The number of nitro groups is 1. The van der Waals surface area contributed by atoms with Crippen molar-refractivity contribution in [2.45, 2.75) is 44.6 Å². The van der Waals surface area contributed by atoms with E-state index < -0.39 is 4.92 Å². The van der Waals surface area contributed by atoms with E-state index in [1.54, 1.807) is 0 Å². The van der Waals surface area contributed by atoms with Crippen molar-refractivity contribution in [3.8, 4) is 5.75 Å². The highest BCUT2D eigenvalue weighted by Crippen LogP contribution is 2.25. The molecule has 1 aromatic rings. The Hall–Kier alpha value is -2.11. The van der Waals surface area contributed by atoms with E-state index in [4.69, 9.17) is 4.74 Å². The largest absolute Gasteiger partial charge is 0.496 e. The topological polar surface area (TPSA) is 81.5 Å². The van der Waals surface area contributed by atoms with Crippen LogP contribution in [0.1, 0.15) is 48.9 Å². The summed E-state index contributed by atoms with van der Waals surface area (Å²) in [4.78, 5) is 22.7. The van der Waals surface area contributed by atoms with Gasteiger partial charge in [0.2, 0.25) is 0 Å². The standard InChI is InChI=1S/C15H20N2O4/c1-21-14-9-8-12(17(19)20)10-13(14)15(18)16-11-6-4-2-3-5-7-11/h8-11H,2-7H2,1H3,(H,16,18). The molecule has 21 heavy (non-hydrogen) atoms. The molecule has 2 rings (SSSR count). The summed E-state index contributed by atoms with van der Waals surface area (Å²) in [5.41, 5.74) is 0.109. The molecule has 0 aromatic heterocycles. The van der Waals surface area contributed by atoms with Crippen LogP contribution in [0.3, 0.4) is 0 Å². The lowest BCUT2D eigenvalue weighted by molar-refractivity contribution is -0.384. The molecule has 1 aliphatic rings. The molecule has 6 nitrogen and oxygen atoms in total. The lowest BCUT2D eigenvalue weighted by Gasteiger charge is -2.17. The second-order valence-electron chi connectivity index (χ2n) is 5.30. The fraction of sp³-hybridized carbons (Fsp3) is 0.533. The van der Waals surface area contributed by atoms with Gasteiger partial charge in [-0.2, -0.15) is 0 Å². The summed E-state index contributed by atoms with van der Waals surface area (Å²) >= 11 is 0. The summed E-state index contributed by atoms with van der Waals surface area (Å²) in [6.45, 7) is 0. The lowest BCUT2D eigenvalue weighted by Crippen LogP contribution is -2.34. The molecule has 1 fully saturated rings. The molecule has 1 aromatic carbocycles. The summed E-state index contributed by atoms with van der Waals surface area (Å²) in [7, 11) is 1.45. The predicted molar refractivity (Wildman–Crippen MR) is 78.6 cm³/mol. The number of carbonyl (C=O) groups is 1. The molecule has 6 heteroatoms. The van der Waals surface area contributed by atoms with Crippen LogP contribution < -0.4 is 10.1 Å². The summed E-state index contributed by atoms with van der Waals surface area (Å²) in [6.07, 6.45) is 6.54. The number of ether oxygens (including phenoxy) is 1. The molecule has 0 heterocycles. The number of methoxy groups -OCH3 is 1. The van der Waals surface area contributed by atoms with Crippen molar-refractivity contribution in [2.24, 2.45) is 0 Å². The number of rotatable bonds is 4. The molecule has 1 amide bonds. The van der Waals surface area contributed by atoms with Gasteiger partial charge >= 0.3 is 0 Å². The van der Waals surface area contributed by atoms with Gasteiger partial charge in [-0.15, -0.1) is 0 Å². The van der Waals surface area contributed by atoms with Crippen LogP contribution >= 0.6 is 0 Å². The molecule has 0 aliphatic heterocycles. The average molecular weight is 292 g/mol. The van der Waals surface area contributed by atoms with E-state index in [1.807, 2.05) is 0 Å². The summed E-state index contributed by atoms with van der Waals surface area (Å²) < 4.78 is 5.13. The fourth-order valence-corrected chi connectivity index (χ4v) is 2.67. The maximum Gasteiger partial charge on any atom is 0.270 e. The molecule has 0 atom stereocenters. The molecule has 1 N–H and O–H groups in total. The first kappa shape index (κ1) is 15.3. The van der Waals surface area contributed by atoms with E-state index in [9.17, 15) is 14.9 Å². The number of nitrogens with one attached hydrogen (secondary N) is 1. The van der Waals surface area contributed by atoms with Crippen molar-refractivity contribution in [2.75, 3.05) is 7.11 Å². The van der Waals surface area contributed by atoms with Crippen LogP contribution in [0.4, 0.5) is 5.69 Å². The predicted octanol–water partition coefficient (Wildman–Crippen LogP) is 3.06. The van der Waals surface area contributed by atoms with E-state index in [0.717, 1.165) is 25.7 Å². The molecular formula is C15H20N2O4. The van der Waals surface area contributed by atoms with Gasteiger partial charge in [0.1, 0.15) is 5.75 Å². The zero-order valence-electron chi connectivity index (χ0n) is 12.1. The minimum absolute atomic E-state index is 0.109. The molecule has 1 aliphatic carbocycles. The minimum Gasteiger partial charge on any atom is -0.496 e. The third-order valence-corrected chi connectivity index (χ3v) is 3.83. The molecule has 0 unspecified atom stereocenters. The summed E-state index contributed by atoms with van der Waals surface area (Å²) in [5, 5.41) is 13.8. The first-order valence-electron chi connectivity index (χ1n) is 7.25. The van der Waals surface area contributed by atoms with Crippen molar-refractivity contribution >= 4 is 11.6 Å². The highest BCUT2D eigenvalue weighted by Gasteiger charge is 2.20. The van der Waals surface area contributed by atoms with Gasteiger partial charge in [0.25, 0.3) is 11.6 Å². The van der Waals surface area contributed by atoms with Crippen molar-refractivity contribution in [3.05, 3.63) is 33.9 Å². The number of carbonyl (C=O) groups excluding carboxylic acids is 1. The maximum atomic E-state index is 12.4. The number of nitro benzene ring substituents is 1. The summed E-state index contributed by atoms with van der Waals surface area (Å²) in [6, 6.07) is 4.20. The third kappa shape index (κ3) is 3.93. The zero-order chi connectivity index (χ0) is 15.2. The molecule has 114 valence electrons. The van der Waals surface area contributed by atoms with E-state index in [-0.39, 0.29) is 23.2 Å². The van der Waals surface area contributed by atoms with Gasteiger partial charge in [0.15, 0.2) is 0 Å². The van der Waals surface area contributed by atoms with Crippen molar-refractivity contribution < 1.29 is 14.5 Å². The lowest BCUT2D eigenvalue weighted by atomic mass is 10.1. The Morgan fingerprint density at radius 3 is 2.52 bits per heavy atom. The van der Waals surface area contributed by atoms with Crippen LogP contribution in [0.25, 0.3) is 0 Å². The van der Waals surface area contributed by atoms with Gasteiger partial charge in [-0.3, -0.25) is 14.9 Å². The molecular weight excluding hydrogens is 272 g/mol. The van der Waals surface area contributed by atoms with Crippen LogP contribution in [0.15, 0.2) is 18.2 Å². The summed E-state index contributed by atoms with van der Waals surface area (Å²) in [5.74, 6) is 0.0502. The Morgan fingerprint density at radius 2 is 1.95 bits per heavy atom. The van der Waals surface area contributed by atoms with Crippen LogP contribution in [0.2, 0.25) is 0 Å². The molecule has 0 bridgehead atoms. The van der Waals surface area contributed by atoms with Gasteiger partial charge < -0.3 is 10.1 Å². The third-order valence-electron chi connectivity index (χ3n) is 3.83. The highest BCUT2D eigenvalue weighted by molar-refractivity contribution is 5.97.